The van der Waals surface area contributed by atoms with Crippen molar-refractivity contribution in [3.05, 3.63) is 0 Å². The van der Waals surface area contributed by atoms with E-state index in [1.54, 1.807) is 4.90 Å². The van der Waals surface area contributed by atoms with E-state index < -0.39 is 5.60 Å². The Morgan fingerprint density at radius 3 is 2.62 bits per heavy atom. The number of hydrogen-bond donors (Lipinski definition) is 2. The molecule has 0 saturated carbocycles. The number of aliphatic hydroxyl groups is 1. The van der Waals surface area contributed by atoms with Gasteiger partial charge in [0.15, 0.2) is 0 Å². The maximum absolute atomic E-state index is 13.0. The number of amides is 1. The first-order valence-corrected chi connectivity index (χ1v) is 8.28. The Hall–Kier alpha value is -0.650. The van der Waals surface area contributed by atoms with Crippen LogP contribution in [0.5, 0.6) is 0 Å². The van der Waals surface area contributed by atoms with Crippen molar-refractivity contribution in [3.63, 3.8) is 0 Å². The number of piperidine rings is 1. The molecule has 5 nitrogen and oxygen atoms in total. The Morgan fingerprint density at radius 1 is 1.33 bits per heavy atom. The predicted molar refractivity (Wildman–Crippen MR) is 82.1 cm³/mol. The number of hydrogen-bond acceptors (Lipinski definition) is 4. The molecule has 0 aromatic rings. The number of carbonyl (C=O) groups is 1. The van der Waals surface area contributed by atoms with E-state index >= 15 is 0 Å². The largest absolute Gasteiger partial charge is 0.388 e. The highest BCUT2D eigenvalue weighted by molar-refractivity contribution is 5.83. The zero-order chi connectivity index (χ0) is 15.3. The van der Waals surface area contributed by atoms with Crippen molar-refractivity contribution in [2.45, 2.75) is 51.0 Å². The molecular formula is C16H30N2O3. The summed E-state index contributed by atoms with van der Waals surface area (Å²) < 4.78 is 5.31. The Kier molecular flexibility index (Phi) is 5.63. The lowest BCUT2D eigenvalue weighted by Crippen LogP contribution is -2.55. The van der Waals surface area contributed by atoms with Gasteiger partial charge in [0.25, 0.3) is 0 Å². The van der Waals surface area contributed by atoms with E-state index in [1.807, 2.05) is 7.05 Å². The monoisotopic (exact) mass is 298 g/mol. The molecule has 0 radical (unpaired) electrons. The first-order valence-electron chi connectivity index (χ1n) is 8.28. The van der Waals surface area contributed by atoms with Gasteiger partial charge >= 0.3 is 0 Å². The van der Waals surface area contributed by atoms with Crippen LogP contribution < -0.4 is 5.32 Å². The second-order valence-corrected chi connectivity index (χ2v) is 6.81. The molecule has 0 spiro atoms. The predicted octanol–water partition coefficient (Wildman–Crippen LogP) is 1.16. The molecule has 122 valence electrons. The summed E-state index contributed by atoms with van der Waals surface area (Å²) in [4.78, 5) is 14.7. The van der Waals surface area contributed by atoms with Crippen molar-refractivity contribution >= 4 is 5.91 Å². The van der Waals surface area contributed by atoms with Gasteiger partial charge in [-0.1, -0.05) is 13.3 Å². The molecule has 2 rings (SSSR count). The van der Waals surface area contributed by atoms with E-state index in [9.17, 15) is 9.90 Å². The van der Waals surface area contributed by atoms with Gasteiger partial charge in [0, 0.05) is 46.2 Å². The van der Waals surface area contributed by atoms with Crippen LogP contribution in [0.1, 0.15) is 45.4 Å². The van der Waals surface area contributed by atoms with Crippen molar-refractivity contribution < 1.29 is 14.6 Å². The maximum atomic E-state index is 13.0. The van der Waals surface area contributed by atoms with E-state index in [-0.39, 0.29) is 11.3 Å². The molecule has 0 aromatic carbocycles. The summed E-state index contributed by atoms with van der Waals surface area (Å²) in [5.74, 6) is 0.191. The number of nitrogens with one attached hydrogen (secondary N) is 1. The highest BCUT2D eigenvalue weighted by atomic mass is 16.5. The molecule has 2 N–H and O–H groups in total. The fourth-order valence-corrected chi connectivity index (χ4v) is 3.78. The van der Waals surface area contributed by atoms with Crippen LogP contribution in [-0.2, 0) is 9.53 Å². The molecule has 2 saturated heterocycles. The van der Waals surface area contributed by atoms with Gasteiger partial charge in [-0.05, 0) is 25.8 Å². The van der Waals surface area contributed by atoms with Crippen LogP contribution in [0.2, 0.25) is 0 Å². The highest BCUT2D eigenvalue weighted by Crippen LogP contribution is 2.34. The van der Waals surface area contributed by atoms with Gasteiger partial charge < -0.3 is 20.1 Å². The summed E-state index contributed by atoms with van der Waals surface area (Å²) in [6.07, 6.45) is 5.17. The number of rotatable bonds is 5. The van der Waals surface area contributed by atoms with Crippen LogP contribution in [0.4, 0.5) is 0 Å². The molecular weight excluding hydrogens is 268 g/mol. The average molecular weight is 298 g/mol. The van der Waals surface area contributed by atoms with Crippen LogP contribution >= 0.6 is 0 Å². The first kappa shape index (κ1) is 16.7. The normalized spacial score (nSPS) is 29.1. The minimum atomic E-state index is -0.780. The van der Waals surface area contributed by atoms with Crippen molar-refractivity contribution in [2.24, 2.45) is 5.41 Å². The van der Waals surface area contributed by atoms with E-state index in [1.165, 1.54) is 0 Å². The lowest BCUT2D eigenvalue weighted by atomic mass is 9.75. The standard InChI is InChI=1S/C16H30N2O3/c1-3-5-15(6-4-9-17-12-15)14(19)18(2)13-16(20)7-10-21-11-8-16/h17,20H,3-13H2,1-2H3. The molecule has 0 bridgehead atoms. The van der Waals surface area contributed by atoms with Gasteiger partial charge in [-0.2, -0.15) is 0 Å². The molecule has 1 unspecified atom stereocenters. The number of nitrogens with zero attached hydrogens (tertiary/aromatic N) is 1. The van der Waals surface area contributed by atoms with Gasteiger partial charge in [-0.3, -0.25) is 4.79 Å². The second-order valence-electron chi connectivity index (χ2n) is 6.81. The third kappa shape index (κ3) is 3.96. The third-order valence-electron chi connectivity index (χ3n) is 4.96. The van der Waals surface area contributed by atoms with Crippen LogP contribution in [0, 0.1) is 5.41 Å². The fraction of sp³-hybridized carbons (Fsp3) is 0.938. The molecule has 1 atom stereocenters. The number of likely N-dealkylation sites (N-methyl/N-ethyl adjacent to an activating group) is 1. The zero-order valence-electron chi connectivity index (χ0n) is 13.5. The summed E-state index contributed by atoms with van der Waals surface area (Å²) in [7, 11) is 1.84. The summed E-state index contributed by atoms with van der Waals surface area (Å²) in [6.45, 7) is 5.49. The molecule has 1 amide bonds. The van der Waals surface area contributed by atoms with Gasteiger partial charge in [-0.25, -0.2) is 0 Å². The molecule has 21 heavy (non-hydrogen) atoms. The smallest absolute Gasteiger partial charge is 0.229 e. The van der Waals surface area contributed by atoms with E-state index in [2.05, 4.69) is 12.2 Å². The van der Waals surface area contributed by atoms with Crippen molar-refractivity contribution in [3.8, 4) is 0 Å². The second kappa shape index (κ2) is 7.07. The van der Waals surface area contributed by atoms with Crippen molar-refractivity contribution in [1.29, 1.82) is 0 Å². The van der Waals surface area contributed by atoms with Gasteiger partial charge in [0.1, 0.15) is 0 Å². The lowest BCUT2D eigenvalue weighted by Gasteiger charge is -2.42. The first-order chi connectivity index (χ1) is 10.0. The summed E-state index contributed by atoms with van der Waals surface area (Å²) in [5, 5.41) is 14.0. The summed E-state index contributed by atoms with van der Waals surface area (Å²) in [6, 6.07) is 0. The maximum Gasteiger partial charge on any atom is 0.229 e. The van der Waals surface area contributed by atoms with Crippen LogP contribution in [0.15, 0.2) is 0 Å². The molecule has 0 aliphatic carbocycles. The number of carbonyl (C=O) groups excluding carboxylic acids is 1. The van der Waals surface area contributed by atoms with Crippen molar-refractivity contribution in [2.75, 3.05) is 39.9 Å². The Bertz CT molecular complexity index is 342. The molecule has 2 fully saturated rings. The summed E-state index contributed by atoms with van der Waals surface area (Å²) >= 11 is 0. The van der Waals surface area contributed by atoms with E-state index in [4.69, 9.17) is 4.74 Å². The van der Waals surface area contributed by atoms with Crippen LogP contribution in [0.3, 0.4) is 0 Å². The minimum absolute atomic E-state index is 0.191. The average Bonchev–Trinajstić information content (AvgIpc) is 2.48. The van der Waals surface area contributed by atoms with Crippen molar-refractivity contribution in [1.82, 2.24) is 10.2 Å². The number of ether oxygens (including phenoxy) is 1. The molecule has 2 heterocycles. The lowest BCUT2D eigenvalue weighted by molar-refractivity contribution is -0.148. The Labute approximate surface area is 128 Å². The Morgan fingerprint density at radius 2 is 2.05 bits per heavy atom. The summed E-state index contributed by atoms with van der Waals surface area (Å²) in [5.41, 5.74) is -1.05. The van der Waals surface area contributed by atoms with Crippen LogP contribution in [0.25, 0.3) is 0 Å². The van der Waals surface area contributed by atoms with Crippen LogP contribution in [-0.4, -0.2) is 61.4 Å². The Balaban J connectivity index is 2.01. The third-order valence-corrected chi connectivity index (χ3v) is 4.96. The van der Waals surface area contributed by atoms with Gasteiger partial charge in [0.2, 0.25) is 5.91 Å². The fourth-order valence-electron chi connectivity index (χ4n) is 3.78. The minimum Gasteiger partial charge on any atom is -0.388 e. The quantitative estimate of drug-likeness (QED) is 0.799. The van der Waals surface area contributed by atoms with Gasteiger partial charge in [-0.15, -0.1) is 0 Å². The van der Waals surface area contributed by atoms with Gasteiger partial charge in [0.05, 0.1) is 11.0 Å². The zero-order valence-corrected chi connectivity index (χ0v) is 13.5. The SMILES string of the molecule is CCCC1(C(=O)N(C)CC2(O)CCOCC2)CCCNC1. The topological polar surface area (TPSA) is 61.8 Å². The van der Waals surface area contributed by atoms with E-state index in [0.29, 0.717) is 32.6 Å². The molecule has 2 aliphatic heterocycles. The highest BCUT2D eigenvalue weighted by Gasteiger charge is 2.42. The molecule has 5 heteroatoms. The molecule has 0 aromatic heterocycles. The van der Waals surface area contributed by atoms with E-state index in [0.717, 1.165) is 38.8 Å². The molecule has 2 aliphatic rings.